The number of morpholine rings is 1. The summed E-state index contributed by atoms with van der Waals surface area (Å²) < 4.78 is 34.1. The van der Waals surface area contributed by atoms with E-state index in [1.165, 1.54) is 6.07 Å². The molecule has 15 heteroatoms. The van der Waals surface area contributed by atoms with Gasteiger partial charge in [0.1, 0.15) is 0 Å². The van der Waals surface area contributed by atoms with Gasteiger partial charge in [0.05, 0.1) is 41.6 Å². The summed E-state index contributed by atoms with van der Waals surface area (Å²) in [5.41, 5.74) is -1.05. The third-order valence-corrected chi connectivity index (χ3v) is 7.30. The number of barbiturate groups is 1. The Bertz CT molecular complexity index is 1530. The highest BCUT2D eigenvalue weighted by atomic mass is 19.1. The SMILES string of the molecule is C[C@@H]1CN2c3c(cc4c(OC(=O)NCc5ccn(C)n5)noc4c3F)CC3(C(=O)NC(=O)NC3=O)[C@H]2[C@H](C)O1. The van der Waals surface area contributed by atoms with Crippen LogP contribution in [0.5, 0.6) is 5.88 Å². The molecule has 1 spiro atoms. The average Bonchev–Trinajstić information content (AvgIpc) is 3.46. The second-order valence-corrected chi connectivity index (χ2v) is 9.92. The Morgan fingerprint density at radius 2 is 2.03 bits per heavy atom. The van der Waals surface area contributed by atoms with Crippen molar-refractivity contribution in [1.82, 2.24) is 30.9 Å². The standard InChI is InChI=1S/C24H24FN7O7/c1-10-9-32-16-12(7-24(18(32)11(2)37-10)20(33)27-22(35)28-21(24)34)6-14-17(15(16)25)39-30-19(14)38-23(36)26-8-13-4-5-31(3)29-13/h4-6,10-11,18H,7-9H2,1-3H3,(H,26,36)(H2,27,28,33,34,35)/t10-,11+,18-/m1/s1. The minimum Gasteiger partial charge on any atom is -0.387 e. The van der Waals surface area contributed by atoms with Gasteiger partial charge in [-0.3, -0.25) is 24.9 Å². The van der Waals surface area contributed by atoms with Gasteiger partial charge in [-0.2, -0.15) is 5.10 Å². The molecule has 2 saturated heterocycles. The molecule has 5 amide bonds. The van der Waals surface area contributed by atoms with Crippen LogP contribution in [0.15, 0.2) is 22.9 Å². The van der Waals surface area contributed by atoms with Crippen molar-refractivity contribution < 1.29 is 37.6 Å². The number of nitrogens with one attached hydrogen (secondary N) is 3. The number of amides is 5. The second kappa shape index (κ2) is 8.76. The highest BCUT2D eigenvalue weighted by Gasteiger charge is 2.63. The lowest BCUT2D eigenvalue weighted by Crippen LogP contribution is -2.75. The number of aromatic nitrogens is 3. The summed E-state index contributed by atoms with van der Waals surface area (Å²) in [5, 5.41) is 14.8. The monoisotopic (exact) mass is 541 g/mol. The summed E-state index contributed by atoms with van der Waals surface area (Å²) in [4.78, 5) is 52.5. The zero-order valence-corrected chi connectivity index (χ0v) is 21.1. The molecule has 0 radical (unpaired) electrons. The Morgan fingerprint density at radius 1 is 1.28 bits per heavy atom. The van der Waals surface area contributed by atoms with Crippen LogP contribution in [-0.2, 0) is 34.3 Å². The van der Waals surface area contributed by atoms with E-state index in [0.29, 0.717) is 5.69 Å². The van der Waals surface area contributed by atoms with E-state index in [9.17, 15) is 19.2 Å². The van der Waals surface area contributed by atoms with Gasteiger partial charge in [-0.05, 0) is 36.7 Å². The Kier molecular flexibility index (Phi) is 5.57. The molecular formula is C24H24FN7O7. The summed E-state index contributed by atoms with van der Waals surface area (Å²) >= 11 is 0. The number of rotatable bonds is 3. The maximum atomic E-state index is 16.1. The quantitative estimate of drug-likeness (QED) is 0.405. The van der Waals surface area contributed by atoms with Gasteiger partial charge in [0, 0.05) is 26.2 Å². The number of carbonyl (C=O) groups excluding carboxylic acids is 4. The molecule has 0 unspecified atom stereocenters. The van der Waals surface area contributed by atoms with Gasteiger partial charge in [-0.1, -0.05) is 0 Å². The number of nitrogens with zero attached hydrogens (tertiary/aromatic N) is 4. The third kappa shape index (κ3) is 3.79. The summed E-state index contributed by atoms with van der Waals surface area (Å²) in [5.74, 6) is -2.69. The number of halogens is 1. The van der Waals surface area contributed by atoms with Crippen molar-refractivity contribution in [3.63, 3.8) is 0 Å². The van der Waals surface area contributed by atoms with Crippen molar-refractivity contribution in [1.29, 1.82) is 0 Å². The minimum absolute atomic E-state index is 0.0369. The molecule has 3 N–H and O–H groups in total. The van der Waals surface area contributed by atoms with Gasteiger partial charge in [-0.15, -0.1) is 0 Å². The Hall–Kier alpha value is -4.53. The highest BCUT2D eigenvalue weighted by molar-refractivity contribution is 6.20. The molecule has 6 rings (SSSR count). The van der Waals surface area contributed by atoms with Crippen LogP contribution in [0.4, 0.5) is 19.7 Å². The Morgan fingerprint density at radius 3 is 2.72 bits per heavy atom. The lowest BCUT2D eigenvalue weighted by molar-refractivity contribution is -0.153. The molecule has 3 aliphatic rings. The smallest absolute Gasteiger partial charge is 0.387 e. The van der Waals surface area contributed by atoms with Crippen LogP contribution in [0, 0.1) is 11.2 Å². The van der Waals surface area contributed by atoms with Gasteiger partial charge < -0.3 is 24.2 Å². The molecule has 2 fully saturated rings. The number of aryl methyl sites for hydroxylation is 1. The number of fused-ring (bicyclic) bond motifs is 5. The van der Waals surface area contributed by atoms with E-state index >= 15 is 4.39 Å². The molecule has 2 aromatic heterocycles. The number of anilines is 1. The van der Waals surface area contributed by atoms with Gasteiger partial charge >= 0.3 is 12.1 Å². The van der Waals surface area contributed by atoms with E-state index in [0.717, 1.165) is 0 Å². The molecular weight excluding hydrogens is 517 g/mol. The van der Waals surface area contributed by atoms with Gasteiger partial charge in [-0.25, -0.2) is 14.0 Å². The summed E-state index contributed by atoms with van der Waals surface area (Å²) in [6, 6.07) is 1.34. The molecule has 3 atom stereocenters. The number of benzene rings is 1. The fourth-order valence-electron chi connectivity index (χ4n) is 5.84. The molecule has 3 aromatic rings. The number of carbonyl (C=O) groups is 4. The minimum atomic E-state index is -1.79. The lowest BCUT2D eigenvalue weighted by atomic mass is 9.66. The Balaban J connectivity index is 1.39. The van der Waals surface area contributed by atoms with Gasteiger partial charge in [0.15, 0.2) is 11.2 Å². The molecule has 0 aliphatic carbocycles. The second-order valence-electron chi connectivity index (χ2n) is 9.92. The molecule has 0 bridgehead atoms. The van der Waals surface area contributed by atoms with Crippen molar-refractivity contribution in [2.75, 3.05) is 11.4 Å². The summed E-state index contributed by atoms with van der Waals surface area (Å²) in [6.07, 6.45) is -0.430. The first-order valence-electron chi connectivity index (χ1n) is 12.2. The van der Waals surface area contributed by atoms with E-state index in [-0.39, 0.29) is 53.7 Å². The Labute approximate surface area is 219 Å². The summed E-state index contributed by atoms with van der Waals surface area (Å²) in [7, 11) is 1.74. The van der Waals surface area contributed by atoms with Crippen molar-refractivity contribution in [3.8, 4) is 5.88 Å². The summed E-state index contributed by atoms with van der Waals surface area (Å²) in [6.45, 7) is 3.73. The third-order valence-electron chi connectivity index (χ3n) is 7.30. The van der Waals surface area contributed by atoms with Crippen molar-refractivity contribution in [2.24, 2.45) is 12.5 Å². The van der Waals surface area contributed by atoms with Crippen LogP contribution in [0.1, 0.15) is 25.1 Å². The topological polar surface area (TPSA) is 170 Å². The maximum Gasteiger partial charge on any atom is 0.414 e. The van der Waals surface area contributed by atoms with Gasteiger partial charge in [0.25, 0.3) is 5.88 Å². The molecule has 0 saturated carbocycles. The van der Waals surface area contributed by atoms with Crippen molar-refractivity contribution in [3.05, 3.63) is 35.4 Å². The predicted octanol–water partition coefficient (Wildman–Crippen LogP) is 0.880. The fourth-order valence-corrected chi connectivity index (χ4v) is 5.84. The molecule has 14 nitrogen and oxygen atoms in total. The normalized spacial score (nSPS) is 23.7. The van der Waals surface area contributed by atoms with Crippen LogP contribution in [-0.4, -0.2) is 63.7 Å². The average molecular weight is 541 g/mol. The van der Waals surface area contributed by atoms with Crippen molar-refractivity contribution in [2.45, 2.75) is 45.1 Å². The molecule has 1 aromatic carbocycles. The van der Waals surface area contributed by atoms with Crippen LogP contribution in [0.2, 0.25) is 0 Å². The molecule has 3 aliphatic heterocycles. The van der Waals surface area contributed by atoms with Crippen LogP contribution in [0.25, 0.3) is 11.0 Å². The molecule has 204 valence electrons. The van der Waals surface area contributed by atoms with Crippen molar-refractivity contribution >= 4 is 40.6 Å². The fraction of sp³-hybridized carbons (Fsp3) is 0.417. The van der Waals surface area contributed by atoms with E-state index in [2.05, 4.69) is 26.2 Å². The maximum absolute atomic E-state index is 16.1. The first-order valence-corrected chi connectivity index (χ1v) is 12.2. The number of hydrogen-bond acceptors (Lipinski definition) is 10. The van der Waals surface area contributed by atoms with E-state index in [1.807, 2.05) is 0 Å². The number of ether oxygens (including phenoxy) is 2. The molecule has 39 heavy (non-hydrogen) atoms. The molecule has 5 heterocycles. The lowest BCUT2D eigenvalue weighted by Gasteiger charge is -2.55. The number of hydrogen-bond donors (Lipinski definition) is 3. The van der Waals surface area contributed by atoms with Gasteiger partial charge in [0.2, 0.25) is 17.4 Å². The van der Waals surface area contributed by atoms with Crippen LogP contribution in [0.3, 0.4) is 0 Å². The highest BCUT2D eigenvalue weighted by Crippen LogP contribution is 2.49. The predicted molar refractivity (Wildman–Crippen MR) is 129 cm³/mol. The zero-order valence-electron chi connectivity index (χ0n) is 21.1. The van der Waals surface area contributed by atoms with E-state index in [4.69, 9.17) is 14.0 Å². The zero-order chi connectivity index (χ0) is 27.6. The van der Waals surface area contributed by atoms with Crippen LogP contribution >= 0.6 is 0 Å². The van der Waals surface area contributed by atoms with E-state index in [1.54, 1.807) is 42.7 Å². The largest absolute Gasteiger partial charge is 0.414 e. The van der Waals surface area contributed by atoms with Crippen LogP contribution < -0.4 is 25.6 Å². The number of urea groups is 1. The number of imide groups is 2. The first-order chi connectivity index (χ1) is 18.6. The first kappa shape index (κ1) is 24.8. The van der Waals surface area contributed by atoms with E-state index < -0.39 is 47.3 Å².